The Balaban J connectivity index is 1.90. The number of amides is 1. The first-order valence-electron chi connectivity index (χ1n) is 9.25. The van der Waals surface area contributed by atoms with Gasteiger partial charge in [-0.2, -0.15) is 0 Å². The highest BCUT2D eigenvalue weighted by Crippen LogP contribution is 2.22. The highest BCUT2D eigenvalue weighted by molar-refractivity contribution is 5.76. The molecule has 1 atom stereocenters. The van der Waals surface area contributed by atoms with E-state index in [0.29, 0.717) is 6.42 Å². The van der Waals surface area contributed by atoms with Gasteiger partial charge in [0, 0.05) is 6.42 Å². The molecular weight excluding hydrogens is 306 g/mol. The van der Waals surface area contributed by atoms with Crippen LogP contribution in [0.4, 0.5) is 0 Å². The molecule has 0 unspecified atom stereocenters. The van der Waals surface area contributed by atoms with Gasteiger partial charge in [-0.05, 0) is 41.9 Å². The van der Waals surface area contributed by atoms with Crippen molar-refractivity contribution in [2.24, 2.45) is 0 Å². The molecule has 1 N–H and O–H groups in total. The normalized spacial score (nSPS) is 12.7. The van der Waals surface area contributed by atoms with Gasteiger partial charge in [-0.15, -0.1) is 0 Å². The lowest BCUT2D eigenvalue weighted by molar-refractivity contribution is -0.121. The van der Waals surface area contributed by atoms with E-state index in [1.807, 2.05) is 0 Å². The van der Waals surface area contributed by atoms with Gasteiger partial charge in [0.25, 0.3) is 0 Å². The van der Waals surface area contributed by atoms with Crippen molar-refractivity contribution in [1.82, 2.24) is 5.32 Å². The first-order valence-corrected chi connectivity index (χ1v) is 9.25. The molecule has 2 nitrogen and oxygen atoms in total. The largest absolute Gasteiger partial charge is 0.349 e. The number of carbonyl (C=O) groups is 1. The van der Waals surface area contributed by atoms with Crippen LogP contribution in [0.3, 0.4) is 0 Å². The topological polar surface area (TPSA) is 29.1 Å². The molecule has 134 valence electrons. The van der Waals surface area contributed by atoms with Crippen LogP contribution >= 0.6 is 0 Å². The van der Waals surface area contributed by atoms with Gasteiger partial charge in [0.1, 0.15) is 0 Å². The van der Waals surface area contributed by atoms with Crippen molar-refractivity contribution in [1.29, 1.82) is 0 Å². The van der Waals surface area contributed by atoms with Gasteiger partial charge < -0.3 is 5.32 Å². The van der Waals surface area contributed by atoms with Crippen molar-refractivity contribution in [2.45, 2.75) is 65.3 Å². The summed E-state index contributed by atoms with van der Waals surface area (Å²) >= 11 is 0. The molecule has 0 bridgehead atoms. The molecule has 2 heteroatoms. The third-order valence-electron chi connectivity index (χ3n) is 4.68. The van der Waals surface area contributed by atoms with Crippen LogP contribution < -0.4 is 5.32 Å². The summed E-state index contributed by atoms with van der Waals surface area (Å²) < 4.78 is 0. The molecule has 2 aromatic carbocycles. The SMILES string of the molecule is CC[C@@H](NC(=O)CCc1ccc(C(C)(C)C)cc1)c1ccc(C)cc1. The fourth-order valence-electron chi connectivity index (χ4n) is 2.92. The molecule has 25 heavy (non-hydrogen) atoms. The second-order valence-corrected chi connectivity index (χ2v) is 7.89. The van der Waals surface area contributed by atoms with Gasteiger partial charge >= 0.3 is 0 Å². The average Bonchev–Trinajstić information content (AvgIpc) is 2.58. The predicted octanol–water partition coefficient (Wildman–Crippen LogP) is 5.49. The van der Waals surface area contributed by atoms with E-state index < -0.39 is 0 Å². The van der Waals surface area contributed by atoms with Gasteiger partial charge in [-0.25, -0.2) is 0 Å². The number of rotatable bonds is 6. The minimum atomic E-state index is 0.0939. The molecule has 0 fully saturated rings. The Hall–Kier alpha value is -2.09. The van der Waals surface area contributed by atoms with E-state index in [-0.39, 0.29) is 17.4 Å². The molecule has 0 heterocycles. The fraction of sp³-hybridized carbons (Fsp3) is 0.435. The second kappa shape index (κ2) is 8.33. The molecule has 0 spiro atoms. The first kappa shape index (κ1) is 19.2. The zero-order valence-electron chi connectivity index (χ0n) is 16.2. The lowest BCUT2D eigenvalue weighted by atomic mass is 9.86. The van der Waals surface area contributed by atoms with Crippen LogP contribution in [-0.2, 0) is 16.6 Å². The highest BCUT2D eigenvalue weighted by atomic mass is 16.1. The van der Waals surface area contributed by atoms with Crippen LogP contribution in [0.1, 0.15) is 68.8 Å². The minimum absolute atomic E-state index is 0.0939. The Labute approximate surface area is 152 Å². The van der Waals surface area contributed by atoms with E-state index in [1.54, 1.807) is 0 Å². The Bertz CT molecular complexity index is 678. The van der Waals surface area contributed by atoms with Crippen molar-refractivity contribution in [3.8, 4) is 0 Å². The van der Waals surface area contributed by atoms with Crippen molar-refractivity contribution in [3.05, 3.63) is 70.8 Å². The molecular formula is C23H31NO. The fourth-order valence-corrected chi connectivity index (χ4v) is 2.92. The van der Waals surface area contributed by atoms with Crippen LogP contribution in [0, 0.1) is 6.92 Å². The van der Waals surface area contributed by atoms with Crippen molar-refractivity contribution < 1.29 is 4.79 Å². The molecule has 2 aromatic rings. The van der Waals surface area contributed by atoms with Gasteiger partial charge in [0.2, 0.25) is 5.91 Å². The van der Waals surface area contributed by atoms with Crippen LogP contribution in [0.15, 0.2) is 48.5 Å². The molecule has 0 radical (unpaired) electrons. The monoisotopic (exact) mass is 337 g/mol. The number of hydrogen-bond acceptors (Lipinski definition) is 1. The maximum atomic E-state index is 12.3. The van der Waals surface area contributed by atoms with Gasteiger partial charge in [-0.1, -0.05) is 81.8 Å². The zero-order valence-corrected chi connectivity index (χ0v) is 16.2. The zero-order chi connectivity index (χ0) is 18.4. The van der Waals surface area contributed by atoms with E-state index in [2.05, 4.69) is 88.5 Å². The summed E-state index contributed by atoms with van der Waals surface area (Å²) in [5.41, 5.74) is 5.12. The summed E-state index contributed by atoms with van der Waals surface area (Å²) in [6.45, 7) is 10.8. The summed E-state index contributed by atoms with van der Waals surface area (Å²) in [7, 11) is 0. The Morgan fingerprint density at radius 3 is 2.12 bits per heavy atom. The average molecular weight is 338 g/mol. The summed E-state index contributed by atoms with van der Waals surface area (Å²) in [5.74, 6) is 0.118. The van der Waals surface area contributed by atoms with Gasteiger partial charge in [-0.3, -0.25) is 4.79 Å². The molecule has 0 saturated carbocycles. The molecule has 0 aliphatic heterocycles. The van der Waals surface area contributed by atoms with E-state index >= 15 is 0 Å². The minimum Gasteiger partial charge on any atom is -0.349 e. The second-order valence-electron chi connectivity index (χ2n) is 7.89. The first-order chi connectivity index (χ1) is 11.8. The molecule has 0 aliphatic carbocycles. The lowest BCUT2D eigenvalue weighted by Gasteiger charge is -2.19. The third kappa shape index (κ3) is 5.74. The van der Waals surface area contributed by atoms with Crippen LogP contribution in [-0.4, -0.2) is 5.91 Å². The van der Waals surface area contributed by atoms with Crippen molar-refractivity contribution >= 4 is 5.91 Å². The molecule has 0 saturated heterocycles. The molecule has 0 aliphatic rings. The van der Waals surface area contributed by atoms with E-state index in [1.165, 1.54) is 22.3 Å². The predicted molar refractivity (Wildman–Crippen MR) is 106 cm³/mol. The highest BCUT2D eigenvalue weighted by Gasteiger charge is 2.14. The number of nitrogens with one attached hydrogen (secondary N) is 1. The van der Waals surface area contributed by atoms with Crippen molar-refractivity contribution in [2.75, 3.05) is 0 Å². The number of aryl methyl sites for hydroxylation is 2. The van der Waals surface area contributed by atoms with E-state index in [9.17, 15) is 4.79 Å². The van der Waals surface area contributed by atoms with E-state index in [4.69, 9.17) is 0 Å². The van der Waals surface area contributed by atoms with E-state index in [0.717, 1.165) is 12.8 Å². The lowest BCUT2D eigenvalue weighted by Crippen LogP contribution is -2.28. The summed E-state index contributed by atoms with van der Waals surface area (Å²) in [6.07, 6.45) is 2.20. The maximum absolute atomic E-state index is 12.3. The Kier molecular flexibility index (Phi) is 6.41. The summed E-state index contributed by atoms with van der Waals surface area (Å²) in [6, 6.07) is 17.1. The molecule has 0 aromatic heterocycles. The summed E-state index contributed by atoms with van der Waals surface area (Å²) in [5, 5.41) is 3.17. The van der Waals surface area contributed by atoms with Gasteiger partial charge in [0.05, 0.1) is 6.04 Å². The third-order valence-corrected chi connectivity index (χ3v) is 4.68. The molecule has 2 rings (SSSR count). The van der Waals surface area contributed by atoms with Crippen LogP contribution in [0.2, 0.25) is 0 Å². The Morgan fingerprint density at radius 1 is 1.00 bits per heavy atom. The number of hydrogen-bond donors (Lipinski definition) is 1. The smallest absolute Gasteiger partial charge is 0.220 e. The summed E-state index contributed by atoms with van der Waals surface area (Å²) in [4.78, 5) is 12.3. The number of benzene rings is 2. The van der Waals surface area contributed by atoms with Gasteiger partial charge in [0.15, 0.2) is 0 Å². The standard InChI is InChI=1S/C23H31NO/c1-6-21(19-12-7-17(2)8-13-19)24-22(25)16-11-18-9-14-20(15-10-18)23(3,4)5/h7-10,12-15,21H,6,11,16H2,1-5H3,(H,24,25)/t21-/m1/s1. The van der Waals surface area contributed by atoms with Crippen LogP contribution in [0.5, 0.6) is 0 Å². The van der Waals surface area contributed by atoms with Crippen molar-refractivity contribution in [3.63, 3.8) is 0 Å². The number of carbonyl (C=O) groups excluding carboxylic acids is 1. The maximum Gasteiger partial charge on any atom is 0.220 e. The molecule has 1 amide bonds. The van der Waals surface area contributed by atoms with Crippen LogP contribution in [0.25, 0.3) is 0 Å². The quantitative estimate of drug-likeness (QED) is 0.741. The Morgan fingerprint density at radius 2 is 1.60 bits per heavy atom.